The largest absolute Gasteiger partial charge is 0.228 e. The maximum atomic E-state index is 11.5. The van der Waals surface area contributed by atoms with Crippen molar-refractivity contribution in [2.75, 3.05) is 4.93 Å². The molecule has 0 heterocycles. The Morgan fingerprint density at radius 1 is 1.47 bits per heavy atom. The molecule has 0 radical (unpaired) electrons. The molecule has 1 aliphatic carbocycles. The van der Waals surface area contributed by atoms with Crippen LogP contribution in [0.3, 0.4) is 0 Å². The molecule has 1 saturated carbocycles. The number of halogens is 1. The van der Waals surface area contributed by atoms with E-state index < -0.39 is 10.0 Å². The first-order valence-electron chi connectivity index (χ1n) is 5.95. The summed E-state index contributed by atoms with van der Waals surface area (Å²) in [5.74, 6) is 0.652. The number of hydrogen-bond donors (Lipinski definition) is 1. The van der Waals surface area contributed by atoms with Crippen LogP contribution in [-0.2, 0) is 10.0 Å². The number of nitrogens with two attached hydrogens (primary N) is 1. The molecular formula is C12H24INO2S. The van der Waals surface area contributed by atoms with Crippen molar-refractivity contribution in [3.8, 4) is 0 Å². The van der Waals surface area contributed by atoms with Crippen LogP contribution in [0.1, 0.15) is 39.0 Å². The Labute approximate surface area is 119 Å². The molecular weight excluding hydrogens is 349 g/mol. The lowest BCUT2D eigenvalue weighted by Gasteiger charge is -2.31. The molecule has 1 rings (SSSR count). The van der Waals surface area contributed by atoms with Gasteiger partial charge in [-0.15, -0.1) is 6.58 Å². The van der Waals surface area contributed by atoms with E-state index in [1.165, 1.54) is 6.42 Å². The molecule has 17 heavy (non-hydrogen) atoms. The van der Waals surface area contributed by atoms with E-state index in [4.69, 9.17) is 5.14 Å². The molecule has 0 spiro atoms. The van der Waals surface area contributed by atoms with Gasteiger partial charge in [0.1, 0.15) is 0 Å². The topological polar surface area (TPSA) is 60.2 Å². The highest BCUT2D eigenvalue weighted by Crippen LogP contribution is 2.34. The van der Waals surface area contributed by atoms with Crippen molar-refractivity contribution in [2.45, 2.75) is 44.3 Å². The average molecular weight is 373 g/mol. The minimum absolute atomic E-state index is 0.0816. The maximum Gasteiger partial charge on any atom is 0.212 e. The number of allylic oxidation sites excluding steroid dienone is 1. The molecule has 0 amide bonds. The summed E-state index contributed by atoms with van der Waals surface area (Å²) < 4.78 is 22.9. The zero-order valence-corrected chi connectivity index (χ0v) is 13.7. The number of sulfonamides is 1. The van der Waals surface area contributed by atoms with Crippen molar-refractivity contribution in [3.05, 3.63) is 12.7 Å². The van der Waals surface area contributed by atoms with E-state index in [0.29, 0.717) is 12.3 Å². The maximum absolute atomic E-state index is 11.5. The smallest absolute Gasteiger partial charge is 0.212 e. The summed E-state index contributed by atoms with van der Waals surface area (Å²) in [6.45, 7) is 5.58. The van der Waals surface area contributed by atoms with Crippen LogP contribution >= 0.6 is 22.6 Å². The van der Waals surface area contributed by atoms with Gasteiger partial charge in [-0.2, -0.15) is 0 Å². The van der Waals surface area contributed by atoms with Crippen LogP contribution in [0.15, 0.2) is 12.7 Å². The monoisotopic (exact) mass is 373 g/mol. The van der Waals surface area contributed by atoms with Crippen molar-refractivity contribution < 1.29 is 8.42 Å². The van der Waals surface area contributed by atoms with E-state index in [1.807, 2.05) is 11.9 Å². The van der Waals surface area contributed by atoms with Crippen LogP contribution in [-0.4, -0.2) is 18.6 Å². The van der Waals surface area contributed by atoms with Crippen molar-refractivity contribution in [2.24, 2.45) is 17.0 Å². The zero-order chi connectivity index (χ0) is 13.5. The third-order valence-corrected chi connectivity index (χ3v) is 4.89. The SMILES string of the molecule is C=CC[C@H](C)C(CC1CCC1)S(N)(=O)=O.CI. The second kappa shape index (κ2) is 8.48. The highest BCUT2D eigenvalue weighted by atomic mass is 127. The van der Waals surface area contributed by atoms with Crippen molar-refractivity contribution in [3.63, 3.8) is 0 Å². The molecule has 1 unspecified atom stereocenters. The van der Waals surface area contributed by atoms with E-state index >= 15 is 0 Å². The van der Waals surface area contributed by atoms with E-state index in [0.717, 1.165) is 19.3 Å². The van der Waals surface area contributed by atoms with Crippen LogP contribution in [0, 0.1) is 11.8 Å². The molecule has 0 aromatic heterocycles. The highest BCUT2D eigenvalue weighted by Gasteiger charge is 2.32. The standard InChI is InChI=1S/C11H21NO2S.CH3I/c1-3-5-9(2)11(15(12,13)14)8-10-6-4-7-10;1-2/h3,9-11H,1,4-8H2,2H3,(H2,12,13,14);1H3/t9-,11?;/m0./s1. The molecule has 0 aromatic rings. The summed E-state index contributed by atoms with van der Waals surface area (Å²) >= 11 is 2.15. The van der Waals surface area contributed by atoms with E-state index in [9.17, 15) is 8.42 Å². The first kappa shape index (κ1) is 17.4. The molecule has 0 saturated heterocycles. The van der Waals surface area contributed by atoms with Gasteiger partial charge >= 0.3 is 0 Å². The molecule has 2 atom stereocenters. The highest BCUT2D eigenvalue weighted by molar-refractivity contribution is 14.1. The molecule has 0 aromatic carbocycles. The predicted octanol–water partition coefficient (Wildman–Crippen LogP) is 3.10. The first-order chi connectivity index (χ1) is 7.95. The second-order valence-corrected chi connectivity index (χ2v) is 6.45. The summed E-state index contributed by atoms with van der Waals surface area (Å²) in [6, 6.07) is 0. The Kier molecular flexibility index (Phi) is 8.67. The summed E-state index contributed by atoms with van der Waals surface area (Å²) in [5.41, 5.74) is 0. The second-order valence-electron chi connectivity index (χ2n) is 4.66. The molecule has 1 fully saturated rings. The Hall–Kier alpha value is 0.380. The van der Waals surface area contributed by atoms with Gasteiger partial charge in [0.2, 0.25) is 10.0 Å². The zero-order valence-electron chi connectivity index (χ0n) is 10.7. The van der Waals surface area contributed by atoms with Gasteiger partial charge in [-0.05, 0) is 29.6 Å². The Morgan fingerprint density at radius 2 is 2.00 bits per heavy atom. The van der Waals surface area contributed by atoms with Gasteiger partial charge in [-0.3, -0.25) is 0 Å². The predicted molar refractivity (Wildman–Crippen MR) is 82.8 cm³/mol. The molecule has 2 N–H and O–H groups in total. The minimum Gasteiger partial charge on any atom is -0.228 e. The Morgan fingerprint density at radius 3 is 2.29 bits per heavy atom. The number of alkyl halides is 1. The molecule has 3 nitrogen and oxygen atoms in total. The average Bonchev–Trinajstić information content (AvgIpc) is 2.17. The molecule has 102 valence electrons. The normalized spacial score (nSPS) is 19.5. The fourth-order valence-corrected chi connectivity index (χ4v) is 3.46. The number of hydrogen-bond acceptors (Lipinski definition) is 2. The van der Waals surface area contributed by atoms with Gasteiger partial charge in [0.25, 0.3) is 0 Å². The van der Waals surface area contributed by atoms with E-state index in [-0.39, 0.29) is 11.2 Å². The Balaban J connectivity index is 0.00000121. The molecule has 1 aliphatic rings. The van der Waals surface area contributed by atoms with Crippen LogP contribution in [0.4, 0.5) is 0 Å². The third kappa shape index (κ3) is 6.20. The van der Waals surface area contributed by atoms with Gasteiger partial charge in [0.05, 0.1) is 5.25 Å². The minimum atomic E-state index is -3.41. The van der Waals surface area contributed by atoms with Gasteiger partial charge in [-0.25, -0.2) is 13.6 Å². The lowest BCUT2D eigenvalue weighted by atomic mass is 9.80. The quantitative estimate of drug-likeness (QED) is 0.442. The number of rotatable bonds is 6. The fraction of sp³-hybridized carbons (Fsp3) is 0.833. The van der Waals surface area contributed by atoms with Crippen LogP contribution in [0.2, 0.25) is 0 Å². The van der Waals surface area contributed by atoms with E-state index in [2.05, 4.69) is 29.2 Å². The van der Waals surface area contributed by atoms with Gasteiger partial charge in [0, 0.05) is 0 Å². The van der Waals surface area contributed by atoms with E-state index in [1.54, 1.807) is 6.08 Å². The summed E-state index contributed by atoms with van der Waals surface area (Å²) in [6.07, 6.45) is 6.77. The lowest BCUT2D eigenvalue weighted by molar-refractivity contribution is 0.274. The summed E-state index contributed by atoms with van der Waals surface area (Å²) in [4.78, 5) is 1.97. The number of primary sulfonamides is 1. The van der Waals surface area contributed by atoms with Gasteiger partial charge in [0.15, 0.2) is 0 Å². The van der Waals surface area contributed by atoms with Gasteiger partial charge in [-0.1, -0.05) is 54.9 Å². The summed E-state index contributed by atoms with van der Waals surface area (Å²) in [5, 5.41) is 4.89. The van der Waals surface area contributed by atoms with Crippen molar-refractivity contribution in [1.29, 1.82) is 0 Å². The van der Waals surface area contributed by atoms with Crippen LogP contribution in [0.25, 0.3) is 0 Å². The third-order valence-electron chi connectivity index (χ3n) is 3.39. The molecule has 5 heteroatoms. The molecule has 0 bridgehead atoms. The van der Waals surface area contributed by atoms with Gasteiger partial charge < -0.3 is 0 Å². The Bertz CT molecular complexity index is 312. The summed E-state index contributed by atoms with van der Waals surface area (Å²) in [7, 11) is -3.41. The fourth-order valence-electron chi connectivity index (χ4n) is 2.16. The lowest BCUT2D eigenvalue weighted by Crippen LogP contribution is -2.36. The molecule has 0 aliphatic heterocycles. The van der Waals surface area contributed by atoms with Crippen LogP contribution < -0.4 is 5.14 Å². The first-order valence-corrected chi connectivity index (χ1v) is 9.72. The van der Waals surface area contributed by atoms with Crippen molar-refractivity contribution >= 4 is 32.6 Å². The van der Waals surface area contributed by atoms with Crippen LogP contribution in [0.5, 0.6) is 0 Å². The van der Waals surface area contributed by atoms with Crippen molar-refractivity contribution in [1.82, 2.24) is 0 Å².